The molecule has 0 unspecified atom stereocenters. The molecule has 0 spiro atoms. The molecule has 0 N–H and O–H groups in total. The van der Waals surface area contributed by atoms with Gasteiger partial charge in [-0.3, -0.25) is 0 Å². The van der Waals surface area contributed by atoms with Crippen LogP contribution in [0, 0.1) is 0 Å². The Morgan fingerprint density at radius 3 is 0.677 bits per heavy atom. The van der Waals surface area contributed by atoms with Crippen molar-refractivity contribution in [3.05, 3.63) is 12.2 Å². The standard InChI is InChI=1S/C31H62/c1-3-5-7-9-11-13-15-17-19-21-23-25-27-29-31-30-28-26-24-22-20-18-16-14-12-10-8-6-4-2/h17,19H,3-16,18,20-31H2,1-2H3/b19-17-. The highest BCUT2D eigenvalue weighted by molar-refractivity contribution is 4.81. The van der Waals surface area contributed by atoms with Gasteiger partial charge in [-0.1, -0.05) is 174 Å². The zero-order valence-electron chi connectivity index (χ0n) is 22.2. The quantitative estimate of drug-likeness (QED) is 0.0890. The van der Waals surface area contributed by atoms with E-state index < -0.39 is 0 Å². The Hall–Kier alpha value is -0.260. The molecule has 0 aliphatic carbocycles. The zero-order valence-corrected chi connectivity index (χ0v) is 22.2. The van der Waals surface area contributed by atoms with E-state index in [9.17, 15) is 0 Å². The zero-order chi connectivity index (χ0) is 22.5. The SMILES string of the molecule is CCCCCCCC/C=C\CCCCCCCCCCCCCCCCCCCCC. The molecule has 0 heteroatoms. The number of hydrogen-bond acceptors (Lipinski definition) is 0. The molecule has 0 saturated heterocycles. The second-order valence-electron chi connectivity index (χ2n) is 10.2. The van der Waals surface area contributed by atoms with E-state index >= 15 is 0 Å². The van der Waals surface area contributed by atoms with Crippen molar-refractivity contribution in [3.8, 4) is 0 Å². The van der Waals surface area contributed by atoms with Crippen LogP contribution in [0.2, 0.25) is 0 Å². The highest BCUT2D eigenvalue weighted by Gasteiger charge is 1.95. The molecule has 0 atom stereocenters. The molecule has 0 aliphatic rings. The van der Waals surface area contributed by atoms with Crippen molar-refractivity contribution in [3.63, 3.8) is 0 Å². The van der Waals surface area contributed by atoms with E-state index in [1.165, 1.54) is 173 Å². The Balaban J connectivity index is 3.04. The van der Waals surface area contributed by atoms with Crippen LogP contribution in [0.5, 0.6) is 0 Å². The van der Waals surface area contributed by atoms with Crippen molar-refractivity contribution in [2.75, 3.05) is 0 Å². The van der Waals surface area contributed by atoms with Gasteiger partial charge in [0.25, 0.3) is 0 Å². The topological polar surface area (TPSA) is 0 Å². The van der Waals surface area contributed by atoms with Crippen molar-refractivity contribution in [1.29, 1.82) is 0 Å². The van der Waals surface area contributed by atoms with Gasteiger partial charge in [0, 0.05) is 0 Å². The number of unbranched alkanes of at least 4 members (excludes halogenated alkanes) is 25. The van der Waals surface area contributed by atoms with Crippen molar-refractivity contribution in [2.24, 2.45) is 0 Å². The Morgan fingerprint density at radius 1 is 0.258 bits per heavy atom. The first-order valence-corrected chi connectivity index (χ1v) is 15.1. The van der Waals surface area contributed by atoms with Crippen molar-refractivity contribution in [1.82, 2.24) is 0 Å². The second-order valence-corrected chi connectivity index (χ2v) is 10.2. The monoisotopic (exact) mass is 434 g/mol. The molecule has 0 aromatic rings. The van der Waals surface area contributed by atoms with E-state index in [4.69, 9.17) is 0 Å². The van der Waals surface area contributed by atoms with Crippen LogP contribution in [0.4, 0.5) is 0 Å². The number of hydrogen-bond donors (Lipinski definition) is 0. The van der Waals surface area contributed by atoms with Crippen LogP contribution in [0.3, 0.4) is 0 Å². The van der Waals surface area contributed by atoms with Gasteiger partial charge in [0.05, 0.1) is 0 Å². The minimum absolute atomic E-state index is 1.31. The molecule has 31 heavy (non-hydrogen) atoms. The van der Waals surface area contributed by atoms with E-state index in [1.54, 1.807) is 0 Å². The highest BCUT2D eigenvalue weighted by atomic mass is 14.0. The number of allylic oxidation sites excluding steroid dienone is 2. The Morgan fingerprint density at radius 2 is 0.452 bits per heavy atom. The molecule has 0 rings (SSSR count). The summed E-state index contributed by atoms with van der Waals surface area (Å²) in [4.78, 5) is 0. The summed E-state index contributed by atoms with van der Waals surface area (Å²) >= 11 is 0. The van der Waals surface area contributed by atoms with Crippen LogP contribution < -0.4 is 0 Å². The fourth-order valence-electron chi connectivity index (χ4n) is 4.62. The average Bonchev–Trinajstić information content (AvgIpc) is 2.78. The van der Waals surface area contributed by atoms with Gasteiger partial charge in [-0.05, 0) is 25.7 Å². The number of rotatable bonds is 27. The molecule has 0 radical (unpaired) electrons. The van der Waals surface area contributed by atoms with Gasteiger partial charge < -0.3 is 0 Å². The molecule has 0 aromatic heterocycles. The molecular weight excluding hydrogens is 372 g/mol. The van der Waals surface area contributed by atoms with Gasteiger partial charge in [-0.25, -0.2) is 0 Å². The van der Waals surface area contributed by atoms with Crippen LogP contribution in [-0.4, -0.2) is 0 Å². The Kier molecular flexibility index (Phi) is 29.5. The summed E-state index contributed by atoms with van der Waals surface area (Å²) in [5.74, 6) is 0. The normalized spacial score (nSPS) is 11.7. The van der Waals surface area contributed by atoms with E-state index in [-0.39, 0.29) is 0 Å². The fraction of sp³-hybridized carbons (Fsp3) is 0.935. The third kappa shape index (κ3) is 29.7. The third-order valence-electron chi connectivity index (χ3n) is 6.87. The maximum Gasteiger partial charge on any atom is -0.0351 e. The predicted octanol–water partition coefficient (Wildman–Crippen LogP) is 12.1. The summed E-state index contributed by atoms with van der Waals surface area (Å²) in [6, 6.07) is 0. The Bertz CT molecular complexity index is 316. The molecule has 0 saturated carbocycles. The van der Waals surface area contributed by atoms with Gasteiger partial charge in [0.2, 0.25) is 0 Å². The summed E-state index contributed by atoms with van der Waals surface area (Å²) < 4.78 is 0. The smallest absolute Gasteiger partial charge is 0.0351 e. The Labute approximate surface area is 199 Å². The molecule has 186 valence electrons. The largest absolute Gasteiger partial charge is 0.0885 e. The summed E-state index contributed by atoms with van der Waals surface area (Å²) in [7, 11) is 0. The van der Waals surface area contributed by atoms with Gasteiger partial charge in [-0.2, -0.15) is 0 Å². The molecular formula is C31H62. The van der Waals surface area contributed by atoms with Crippen LogP contribution in [0.15, 0.2) is 12.2 Å². The summed E-state index contributed by atoms with van der Waals surface area (Å²) in [5.41, 5.74) is 0. The maximum atomic E-state index is 2.44. The predicted molar refractivity (Wildman–Crippen MR) is 145 cm³/mol. The van der Waals surface area contributed by atoms with Crippen LogP contribution in [0.1, 0.15) is 187 Å². The molecule has 0 heterocycles. The second kappa shape index (κ2) is 29.7. The van der Waals surface area contributed by atoms with Crippen LogP contribution >= 0.6 is 0 Å². The van der Waals surface area contributed by atoms with E-state index in [0.717, 1.165) is 0 Å². The van der Waals surface area contributed by atoms with E-state index in [1.807, 2.05) is 0 Å². The van der Waals surface area contributed by atoms with Crippen LogP contribution in [0.25, 0.3) is 0 Å². The van der Waals surface area contributed by atoms with Crippen LogP contribution in [-0.2, 0) is 0 Å². The summed E-state index contributed by atoms with van der Waals surface area (Å²) in [6.45, 7) is 4.60. The molecule has 0 aliphatic heterocycles. The molecule has 0 bridgehead atoms. The minimum atomic E-state index is 1.31. The van der Waals surface area contributed by atoms with E-state index in [0.29, 0.717) is 0 Å². The molecule has 0 amide bonds. The highest BCUT2D eigenvalue weighted by Crippen LogP contribution is 2.15. The summed E-state index contributed by atoms with van der Waals surface area (Å²) in [5, 5.41) is 0. The van der Waals surface area contributed by atoms with Gasteiger partial charge in [0.15, 0.2) is 0 Å². The maximum absolute atomic E-state index is 2.44. The summed E-state index contributed by atoms with van der Waals surface area (Å²) in [6.07, 6.45) is 43.9. The first-order valence-electron chi connectivity index (χ1n) is 15.1. The molecule has 0 aromatic carbocycles. The van der Waals surface area contributed by atoms with Gasteiger partial charge in [-0.15, -0.1) is 0 Å². The fourth-order valence-corrected chi connectivity index (χ4v) is 4.62. The van der Waals surface area contributed by atoms with Crippen molar-refractivity contribution in [2.45, 2.75) is 187 Å². The molecule has 0 nitrogen and oxygen atoms in total. The first-order chi connectivity index (χ1) is 15.4. The first kappa shape index (κ1) is 30.7. The van der Waals surface area contributed by atoms with Gasteiger partial charge >= 0.3 is 0 Å². The lowest BCUT2D eigenvalue weighted by atomic mass is 10.0. The van der Waals surface area contributed by atoms with E-state index in [2.05, 4.69) is 26.0 Å². The van der Waals surface area contributed by atoms with Crippen molar-refractivity contribution < 1.29 is 0 Å². The lowest BCUT2D eigenvalue weighted by molar-refractivity contribution is 0.523. The lowest BCUT2D eigenvalue weighted by Crippen LogP contribution is -1.84. The van der Waals surface area contributed by atoms with Gasteiger partial charge in [0.1, 0.15) is 0 Å². The van der Waals surface area contributed by atoms with Crippen molar-refractivity contribution >= 4 is 0 Å². The third-order valence-corrected chi connectivity index (χ3v) is 6.87. The average molecular weight is 435 g/mol. The molecule has 0 fully saturated rings. The minimum Gasteiger partial charge on any atom is -0.0885 e. The lowest BCUT2D eigenvalue weighted by Gasteiger charge is -2.04.